The van der Waals surface area contributed by atoms with Gasteiger partial charge in [0.1, 0.15) is 10.0 Å². The Morgan fingerprint density at radius 3 is 2.42 bits per heavy atom. The normalized spacial score (nSPS) is 12.3. The maximum absolute atomic E-state index is 12.8. The van der Waals surface area contributed by atoms with Gasteiger partial charge < -0.3 is 5.32 Å². The van der Waals surface area contributed by atoms with Crippen molar-refractivity contribution >= 4 is 83.4 Å². The SMILES string of the molecule is O=C(NCc1ccc(N(C(Cc2ccc(NS(=O)(=O)O)cc2)c2csc(-c3cccs3)n2)[SH](=O)=O)s1)c1ccc(Cl)cc1. The molecule has 1 atom stereocenters. The molecule has 0 bridgehead atoms. The molecule has 0 aliphatic heterocycles. The third-order valence-electron chi connectivity index (χ3n) is 6.10. The molecular formula is C27H23ClN4O6S5. The molecule has 1 unspecified atom stereocenters. The van der Waals surface area contributed by atoms with Crippen molar-refractivity contribution in [3.63, 3.8) is 0 Å². The molecule has 2 aromatic carbocycles. The Hall–Kier alpha value is -3.31. The lowest BCUT2D eigenvalue weighted by atomic mass is 10.0. The van der Waals surface area contributed by atoms with E-state index in [9.17, 15) is 21.6 Å². The first-order valence-corrected chi connectivity index (χ1v) is 18.0. The maximum atomic E-state index is 12.8. The maximum Gasteiger partial charge on any atom is 0.357 e. The van der Waals surface area contributed by atoms with Crippen LogP contribution in [0.4, 0.5) is 10.7 Å². The summed E-state index contributed by atoms with van der Waals surface area (Å²) in [7, 11) is -7.56. The Balaban J connectivity index is 1.42. The first kappa shape index (κ1) is 31.1. The summed E-state index contributed by atoms with van der Waals surface area (Å²) in [6.45, 7) is 0.196. The highest BCUT2D eigenvalue weighted by Crippen LogP contribution is 2.38. The van der Waals surface area contributed by atoms with Gasteiger partial charge >= 0.3 is 10.3 Å². The number of hydrogen-bond acceptors (Lipinski definition) is 9. The molecule has 0 spiro atoms. The van der Waals surface area contributed by atoms with Crippen molar-refractivity contribution < 1.29 is 26.2 Å². The van der Waals surface area contributed by atoms with Crippen molar-refractivity contribution in [2.24, 2.45) is 0 Å². The zero-order chi connectivity index (χ0) is 30.6. The van der Waals surface area contributed by atoms with Gasteiger partial charge in [-0.25, -0.2) is 13.4 Å². The van der Waals surface area contributed by atoms with Gasteiger partial charge in [-0.05, 0) is 72.0 Å². The van der Waals surface area contributed by atoms with Crippen LogP contribution in [0.25, 0.3) is 9.88 Å². The quantitative estimate of drug-likeness (QED) is 0.0919. The number of halogens is 1. The second-order valence-electron chi connectivity index (χ2n) is 9.06. The standard InChI is InChI=1S/C27H23ClN4O6S5/c28-19-7-5-18(6-8-19)26(33)29-15-21-11-12-25(41-21)32(42(34)35)23(22-16-40-27(30-22)24-2-1-13-39-24)14-17-3-9-20(10-4-17)31-43(36,37)38/h1-13,16,23,31,42H,14-15H2,(H,29,33)(H,36,37,38). The molecule has 5 aromatic rings. The fourth-order valence-electron chi connectivity index (χ4n) is 4.15. The van der Waals surface area contributed by atoms with Crippen molar-refractivity contribution in [1.29, 1.82) is 0 Å². The van der Waals surface area contributed by atoms with Crippen molar-refractivity contribution in [1.82, 2.24) is 10.3 Å². The van der Waals surface area contributed by atoms with Crippen LogP contribution in [-0.4, -0.2) is 32.3 Å². The van der Waals surface area contributed by atoms with Crippen LogP contribution >= 0.6 is 45.6 Å². The molecular weight excluding hydrogens is 672 g/mol. The molecule has 1 amide bonds. The van der Waals surface area contributed by atoms with E-state index in [1.54, 1.807) is 48.5 Å². The largest absolute Gasteiger partial charge is 0.357 e. The number of nitrogens with one attached hydrogen (secondary N) is 2. The van der Waals surface area contributed by atoms with Crippen LogP contribution in [0.5, 0.6) is 0 Å². The van der Waals surface area contributed by atoms with E-state index in [1.165, 1.54) is 50.4 Å². The van der Waals surface area contributed by atoms with Gasteiger partial charge in [0.25, 0.3) is 5.91 Å². The first-order valence-electron chi connectivity index (χ1n) is 12.5. The summed E-state index contributed by atoms with van der Waals surface area (Å²) in [4.78, 5) is 19.1. The van der Waals surface area contributed by atoms with Gasteiger partial charge in [-0.1, -0.05) is 29.8 Å². The van der Waals surface area contributed by atoms with Gasteiger partial charge in [-0.3, -0.25) is 18.4 Å². The highest BCUT2D eigenvalue weighted by atomic mass is 35.5. The summed E-state index contributed by atoms with van der Waals surface area (Å²) in [5, 5.41) is 8.35. The Labute approximate surface area is 266 Å². The van der Waals surface area contributed by atoms with Crippen LogP contribution in [0.2, 0.25) is 5.02 Å². The van der Waals surface area contributed by atoms with Gasteiger partial charge in [0.05, 0.1) is 28.8 Å². The molecule has 0 saturated heterocycles. The van der Waals surface area contributed by atoms with Crippen LogP contribution in [-0.2, 0) is 34.2 Å². The molecule has 3 aromatic heterocycles. The minimum Gasteiger partial charge on any atom is -0.347 e. The number of hydrogen-bond donors (Lipinski definition) is 4. The van der Waals surface area contributed by atoms with Crippen molar-refractivity contribution in [2.75, 3.05) is 9.03 Å². The lowest BCUT2D eigenvalue weighted by molar-refractivity contribution is 0.0951. The molecule has 0 aliphatic carbocycles. The number of carbonyl (C=O) groups excluding carboxylic acids is 1. The molecule has 0 radical (unpaired) electrons. The number of amides is 1. The van der Waals surface area contributed by atoms with E-state index in [-0.39, 0.29) is 24.6 Å². The van der Waals surface area contributed by atoms with Crippen LogP contribution in [0.15, 0.2) is 83.6 Å². The summed E-state index contributed by atoms with van der Waals surface area (Å²) >= 11 is 10.1. The summed E-state index contributed by atoms with van der Waals surface area (Å²) in [5.74, 6) is -0.285. The molecule has 3 N–H and O–H groups in total. The van der Waals surface area contributed by atoms with Gasteiger partial charge in [0, 0.05) is 20.8 Å². The van der Waals surface area contributed by atoms with Gasteiger partial charge in [-0.2, -0.15) is 8.42 Å². The Kier molecular flexibility index (Phi) is 9.81. The molecule has 43 heavy (non-hydrogen) atoms. The second kappa shape index (κ2) is 13.5. The van der Waals surface area contributed by atoms with Crippen molar-refractivity contribution in [3.05, 3.63) is 110 Å². The third kappa shape index (κ3) is 8.20. The van der Waals surface area contributed by atoms with E-state index in [4.69, 9.17) is 21.1 Å². The van der Waals surface area contributed by atoms with Crippen LogP contribution < -0.4 is 14.3 Å². The van der Waals surface area contributed by atoms with Crippen LogP contribution in [0.1, 0.15) is 32.5 Å². The fourth-order valence-corrected chi connectivity index (χ4v) is 8.28. The number of thiazole rings is 1. The molecule has 224 valence electrons. The Morgan fingerprint density at radius 2 is 1.77 bits per heavy atom. The summed E-state index contributed by atoms with van der Waals surface area (Å²) in [6, 6.07) is 19.3. The average molecular weight is 695 g/mol. The summed E-state index contributed by atoms with van der Waals surface area (Å²) in [6.07, 6.45) is 0.226. The second-order valence-corrected chi connectivity index (χ2v) is 14.5. The molecule has 0 saturated carbocycles. The fraction of sp³-hybridized carbons (Fsp3) is 0.111. The Morgan fingerprint density at radius 1 is 1.02 bits per heavy atom. The number of aromatic nitrogens is 1. The van der Waals surface area contributed by atoms with Gasteiger partial charge in [0.2, 0.25) is 10.9 Å². The van der Waals surface area contributed by atoms with E-state index >= 15 is 0 Å². The average Bonchev–Trinajstić information content (AvgIpc) is 3.74. The number of benzene rings is 2. The molecule has 0 fully saturated rings. The lowest BCUT2D eigenvalue weighted by Gasteiger charge is -2.26. The smallest absolute Gasteiger partial charge is 0.347 e. The number of thiol groups is 1. The predicted molar refractivity (Wildman–Crippen MR) is 173 cm³/mol. The van der Waals surface area contributed by atoms with E-state index in [0.29, 0.717) is 26.8 Å². The number of thiophene rings is 2. The molecule has 3 heterocycles. The summed E-state index contributed by atoms with van der Waals surface area (Å²) in [5.41, 5.74) is 1.88. The number of carbonyl (C=O) groups is 1. The number of anilines is 2. The van der Waals surface area contributed by atoms with E-state index in [2.05, 4.69) is 5.32 Å². The minimum atomic E-state index is -4.44. The molecule has 10 nitrogen and oxygen atoms in total. The lowest BCUT2D eigenvalue weighted by Crippen LogP contribution is -2.28. The number of rotatable bonds is 12. The van der Waals surface area contributed by atoms with Gasteiger partial charge in [-0.15, -0.1) is 34.0 Å². The Bertz CT molecular complexity index is 1880. The highest BCUT2D eigenvalue weighted by Gasteiger charge is 2.28. The molecule has 16 heteroatoms. The zero-order valence-corrected chi connectivity index (χ0v) is 26.8. The number of nitrogens with zero attached hydrogens (tertiary/aromatic N) is 2. The topological polar surface area (TPSA) is 146 Å². The highest BCUT2D eigenvalue weighted by molar-refractivity contribution is 7.87. The summed E-state index contributed by atoms with van der Waals surface area (Å²) < 4.78 is 60.3. The van der Waals surface area contributed by atoms with Crippen molar-refractivity contribution in [3.8, 4) is 9.88 Å². The first-order chi connectivity index (χ1) is 20.6. The van der Waals surface area contributed by atoms with Crippen LogP contribution in [0, 0.1) is 0 Å². The van der Waals surface area contributed by atoms with Gasteiger partial charge in [0.15, 0.2) is 0 Å². The predicted octanol–water partition coefficient (Wildman–Crippen LogP) is 6.05. The monoisotopic (exact) mass is 694 g/mol. The third-order valence-corrected chi connectivity index (χ3v) is 10.8. The van der Waals surface area contributed by atoms with E-state index in [1.807, 2.05) is 27.6 Å². The minimum absolute atomic E-state index is 0.159. The molecule has 0 aliphatic rings. The van der Waals surface area contributed by atoms with E-state index in [0.717, 1.165) is 14.8 Å². The molecule has 5 rings (SSSR count). The van der Waals surface area contributed by atoms with Crippen LogP contribution in [0.3, 0.4) is 0 Å². The van der Waals surface area contributed by atoms with Crippen molar-refractivity contribution in [2.45, 2.75) is 19.0 Å². The van der Waals surface area contributed by atoms with E-state index < -0.39 is 27.2 Å². The zero-order valence-electron chi connectivity index (χ0n) is 21.9.